The Kier molecular flexibility index (Phi) is 4.15. The molecule has 2 rings (SSSR count). The minimum Gasteiger partial charge on any atom is -0.309 e. The first-order valence-electron chi connectivity index (χ1n) is 5.97. The molecule has 1 unspecified atom stereocenters. The van der Waals surface area contributed by atoms with Crippen molar-refractivity contribution >= 4 is 15.9 Å². The number of pyridine rings is 1. The van der Waals surface area contributed by atoms with Gasteiger partial charge in [0.25, 0.3) is 0 Å². The summed E-state index contributed by atoms with van der Waals surface area (Å²) in [6.45, 7) is 4.11. The molecule has 0 fully saturated rings. The second kappa shape index (κ2) is 5.63. The number of aryl methyl sites for hydroxylation is 2. The van der Waals surface area contributed by atoms with E-state index in [0.29, 0.717) is 0 Å². The zero-order valence-electron chi connectivity index (χ0n) is 10.9. The molecule has 2 aromatic rings. The van der Waals surface area contributed by atoms with Crippen LogP contribution in [0.1, 0.15) is 28.4 Å². The lowest BCUT2D eigenvalue weighted by atomic mass is 9.98. The van der Waals surface area contributed by atoms with Crippen molar-refractivity contribution in [2.75, 3.05) is 7.05 Å². The molecular weight excluding hydrogens is 288 g/mol. The van der Waals surface area contributed by atoms with Crippen molar-refractivity contribution in [1.82, 2.24) is 10.3 Å². The second-order valence-electron chi connectivity index (χ2n) is 4.52. The molecule has 0 saturated carbocycles. The quantitative estimate of drug-likeness (QED) is 0.933. The van der Waals surface area contributed by atoms with Crippen LogP contribution in [0.4, 0.5) is 0 Å². The van der Waals surface area contributed by atoms with Gasteiger partial charge in [-0.25, -0.2) is 0 Å². The van der Waals surface area contributed by atoms with Gasteiger partial charge in [-0.3, -0.25) is 4.98 Å². The Hall–Kier alpha value is -1.19. The van der Waals surface area contributed by atoms with E-state index in [-0.39, 0.29) is 6.04 Å². The molecule has 0 bridgehead atoms. The van der Waals surface area contributed by atoms with Crippen molar-refractivity contribution in [1.29, 1.82) is 0 Å². The average molecular weight is 305 g/mol. The highest BCUT2D eigenvalue weighted by Gasteiger charge is 2.13. The van der Waals surface area contributed by atoms with Gasteiger partial charge in [0.1, 0.15) is 0 Å². The molecule has 1 aromatic carbocycles. The maximum atomic E-state index is 4.37. The maximum absolute atomic E-state index is 4.37. The summed E-state index contributed by atoms with van der Waals surface area (Å²) in [4.78, 5) is 4.37. The Bertz CT molecular complexity index is 514. The van der Waals surface area contributed by atoms with E-state index in [1.807, 2.05) is 26.2 Å². The Balaban J connectivity index is 2.41. The van der Waals surface area contributed by atoms with E-state index in [2.05, 4.69) is 57.4 Å². The molecule has 1 atom stereocenters. The van der Waals surface area contributed by atoms with Crippen LogP contribution < -0.4 is 5.32 Å². The number of nitrogens with one attached hydrogen (secondary N) is 1. The Labute approximate surface area is 117 Å². The van der Waals surface area contributed by atoms with Crippen LogP contribution in [0.5, 0.6) is 0 Å². The number of hydrogen-bond donors (Lipinski definition) is 1. The van der Waals surface area contributed by atoms with Crippen LogP contribution in [-0.4, -0.2) is 12.0 Å². The van der Waals surface area contributed by atoms with E-state index in [9.17, 15) is 0 Å². The molecule has 1 aromatic heterocycles. The number of rotatable bonds is 3. The second-order valence-corrected chi connectivity index (χ2v) is 5.43. The van der Waals surface area contributed by atoms with Gasteiger partial charge in [0.05, 0.1) is 6.04 Å². The summed E-state index contributed by atoms with van der Waals surface area (Å²) in [6.07, 6.45) is 1.94. The molecule has 0 amide bonds. The first-order chi connectivity index (χ1) is 8.60. The van der Waals surface area contributed by atoms with E-state index in [4.69, 9.17) is 0 Å². The van der Waals surface area contributed by atoms with Gasteiger partial charge in [-0.2, -0.15) is 0 Å². The highest BCUT2D eigenvalue weighted by molar-refractivity contribution is 9.10. The van der Waals surface area contributed by atoms with E-state index in [1.54, 1.807) is 0 Å². The number of aromatic nitrogens is 1. The molecule has 0 aliphatic carbocycles. The monoisotopic (exact) mass is 304 g/mol. The summed E-state index contributed by atoms with van der Waals surface area (Å²) >= 11 is 3.55. The summed E-state index contributed by atoms with van der Waals surface area (Å²) in [5.74, 6) is 0. The molecule has 0 saturated heterocycles. The number of nitrogens with zero attached hydrogens (tertiary/aromatic N) is 1. The number of benzene rings is 1. The molecule has 0 aliphatic heterocycles. The fourth-order valence-electron chi connectivity index (χ4n) is 2.11. The van der Waals surface area contributed by atoms with Crippen LogP contribution in [0.25, 0.3) is 0 Å². The molecular formula is C15H17BrN2. The first kappa shape index (κ1) is 13.2. The summed E-state index contributed by atoms with van der Waals surface area (Å²) in [5.41, 5.74) is 4.72. The number of hydrogen-bond acceptors (Lipinski definition) is 2. The van der Waals surface area contributed by atoms with Crippen LogP contribution >= 0.6 is 15.9 Å². The van der Waals surface area contributed by atoms with Gasteiger partial charge in [-0.05, 0) is 55.8 Å². The highest BCUT2D eigenvalue weighted by atomic mass is 79.9. The van der Waals surface area contributed by atoms with Gasteiger partial charge in [-0.15, -0.1) is 0 Å². The normalized spacial score (nSPS) is 12.4. The van der Waals surface area contributed by atoms with Gasteiger partial charge < -0.3 is 5.32 Å². The zero-order valence-corrected chi connectivity index (χ0v) is 12.5. The molecule has 0 aliphatic rings. The topological polar surface area (TPSA) is 24.9 Å². The van der Waals surface area contributed by atoms with Crippen LogP contribution in [0.15, 0.2) is 41.0 Å². The van der Waals surface area contributed by atoms with Crippen molar-refractivity contribution in [2.45, 2.75) is 19.9 Å². The number of halogens is 1. The summed E-state index contributed by atoms with van der Waals surface area (Å²) in [5, 5.41) is 3.35. The molecule has 18 heavy (non-hydrogen) atoms. The third-order valence-corrected chi connectivity index (χ3v) is 3.41. The molecule has 94 valence electrons. The largest absolute Gasteiger partial charge is 0.309 e. The molecule has 0 radical (unpaired) electrons. The van der Waals surface area contributed by atoms with E-state index in [1.165, 1.54) is 16.7 Å². The van der Waals surface area contributed by atoms with Gasteiger partial charge in [0.15, 0.2) is 0 Å². The lowest BCUT2D eigenvalue weighted by Gasteiger charge is -2.18. The molecule has 1 heterocycles. The molecule has 0 spiro atoms. The average Bonchev–Trinajstić information content (AvgIpc) is 2.31. The minimum absolute atomic E-state index is 0.175. The third kappa shape index (κ3) is 2.98. The van der Waals surface area contributed by atoms with Crippen molar-refractivity contribution in [3.63, 3.8) is 0 Å². The van der Waals surface area contributed by atoms with Crippen LogP contribution in [0.3, 0.4) is 0 Å². The predicted molar refractivity (Wildman–Crippen MR) is 78.8 cm³/mol. The molecule has 2 nitrogen and oxygen atoms in total. The van der Waals surface area contributed by atoms with Crippen LogP contribution in [-0.2, 0) is 0 Å². The third-order valence-electron chi connectivity index (χ3n) is 2.95. The van der Waals surface area contributed by atoms with Gasteiger partial charge in [0, 0.05) is 16.4 Å². The summed E-state index contributed by atoms with van der Waals surface area (Å²) in [7, 11) is 1.97. The van der Waals surface area contributed by atoms with Gasteiger partial charge >= 0.3 is 0 Å². The van der Waals surface area contributed by atoms with E-state index < -0.39 is 0 Å². The predicted octanol–water partition coefficient (Wildman–Crippen LogP) is 3.77. The zero-order chi connectivity index (χ0) is 13.1. The van der Waals surface area contributed by atoms with Crippen LogP contribution in [0.2, 0.25) is 0 Å². The van der Waals surface area contributed by atoms with Crippen molar-refractivity contribution in [3.8, 4) is 0 Å². The van der Waals surface area contributed by atoms with Crippen molar-refractivity contribution < 1.29 is 0 Å². The van der Waals surface area contributed by atoms with Gasteiger partial charge in [-0.1, -0.05) is 28.1 Å². The maximum Gasteiger partial charge on any atom is 0.0590 e. The smallest absolute Gasteiger partial charge is 0.0590 e. The highest BCUT2D eigenvalue weighted by Crippen LogP contribution is 2.25. The Morgan fingerprint density at radius 1 is 1.11 bits per heavy atom. The fraction of sp³-hybridized carbons (Fsp3) is 0.267. The standard InChI is InChI=1S/C15H17BrN2/c1-10-6-13(8-14(16)7-10)15(17-3)12-5-4-11(2)18-9-12/h4-9,15,17H,1-3H3. The SMILES string of the molecule is CNC(c1ccc(C)nc1)c1cc(C)cc(Br)c1. The van der Waals surface area contributed by atoms with E-state index in [0.717, 1.165) is 10.2 Å². The van der Waals surface area contributed by atoms with Crippen molar-refractivity contribution in [2.24, 2.45) is 0 Å². The molecule has 3 heteroatoms. The summed E-state index contributed by atoms with van der Waals surface area (Å²) < 4.78 is 1.11. The van der Waals surface area contributed by atoms with Crippen LogP contribution in [0, 0.1) is 13.8 Å². The lowest BCUT2D eigenvalue weighted by molar-refractivity contribution is 0.687. The first-order valence-corrected chi connectivity index (χ1v) is 6.76. The minimum atomic E-state index is 0.175. The Morgan fingerprint density at radius 2 is 1.89 bits per heavy atom. The Morgan fingerprint density at radius 3 is 2.44 bits per heavy atom. The summed E-state index contributed by atoms with van der Waals surface area (Å²) in [6, 6.07) is 10.8. The van der Waals surface area contributed by atoms with E-state index >= 15 is 0 Å². The lowest BCUT2D eigenvalue weighted by Crippen LogP contribution is -2.18. The van der Waals surface area contributed by atoms with Crippen molar-refractivity contribution in [3.05, 3.63) is 63.4 Å². The molecule has 1 N–H and O–H groups in total. The van der Waals surface area contributed by atoms with Gasteiger partial charge in [0.2, 0.25) is 0 Å². The fourth-order valence-corrected chi connectivity index (χ4v) is 2.73.